The van der Waals surface area contributed by atoms with Gasteiger partial charge in [-0.3, -0.25) is 0 Å². The number of rotatable bonds is 11. The zero-order chi connectivity index (χ0) is 14.0. The standard InChI is InChI=1S/C18H31NS/c1-2-3-4-5-6-7-8-9-13-19-15-17-14-16-11-10-12-18(16)20-17/h14,19H,2-13,15H2,1H3. The van der Waals surface area contributed by atoms with E-state index in [1.54, 1.807) is 15.3 Å². The first-order valence-electron chi connectivity index (χ1n) is 8.71. The Bertz CT molecular complexity index is 348. The second-order valence-electron chi connectivity index (χ2n) is 6.17. The molecule has 0 saturated heterocycles. The predicted octanol–water partition coefficient (Wildman–Crippen LogP) is 5.47. The minimum Gasteiger partial charge on any atom is -0.312 e. The van der Waals surface area contributed by atoms with Crippen molar-refractivity contribution in [2.45, 2.75) is 84.1 Å². The third kappa shape index (κ3) is 5.57. The van der Waals surface area contributed by atoms with Gasteiger partial charge in [-0.15, -0.1) is 11.3 Å². The van der Waals surface area contributed by atoms with E-state index in [1.807, 2.05) is 11.3 Å². The molecule has 1 aromatic heterocycles. The number of unbranched alkanes of at least 4 members (excludes halogenated alkanes) is 7. The van der Waals surface area contributed by atoms with E-state index in [-0.39, 0.29) is 0 Å². The van der Waals surface area contributed by atoms with Gasteiger partial charge in [-0.1, -0.05) is 51.9 Å². The maximum absolute atomic E-state index is 3.61. The number of aryl methyl sites for hydroxylation is 2. The van der Waals surface area contributed by atoms with Gasteiger partial charge in [0.05, 0.1) is 0 Å². The fraction of sp³-hybridized carbons (Fsp3) is 0.778. The zero-order valence-corrected chi connectivity index (χ0v) is 14.0. The lowest BCUT2D eigenvalue weighted by molar-refractivity contribution is 0.556. The molecule has 0 aromatic carbocycles. The Morgan fingerprint density at radius 2 is 1.75 bits per heavy atom. The van der Waals surface area contributed by atoms with Crippen LogP contribution < -0.4 is 5.32 Å². The third-order valence-electron chi connectivity index (χ3n) is 4.30. The molecule has 0 unspecified atom stereocenters. The highest BCUT2D eigenvalue weighted by Gasteiger charge is 2.14. The molecular formula is C18H31NS. The van der Waals surface area contributed by atoms with Crippen LogP contribution in [0.25, 0.3) is 0 Å². The van der Waals surface area contributed by atoms with Crippen LogP contribution in [0, 0.1) is 0 Å². The molecule has 2 heteroatoms. The van der Waals surface area contributed by atoms with Gasteiger partial charge in [0, 0.05) is 16.3 Å². The smallest absolute Gasteiger partial charge is 0.0299 e. The van der Waals surface area contributed by atoms with Crippen LogP contribution in [0.5, 0.6) is 0 Å². The summed E-state index contributed by atoms with van der Waals surface area (Å²) in [6.07, 6.45) is 15.3. The summed E-state index contributed by atoms with van der Waals surface area (Å²) in [6.45, 7) is 4.57. The SMILES string of the molecule is CCCCCCCCCCNCc1cc2c(s1)CCC2. The van der Waals surface area contributed by atoms with E-state index in [2.05, 4.69) is 18.3 Å². The van der Waals surface area contributed by atoms with Crippen molar-refractivity contribution >= 4 is 11.3 Å². The van der Waals surface area contributed by atoms with E-state index in [0.717, 1.165) is 6.54 Å². The van der Waals surface area contributed by atoms with Crippen LogP contribution in [0.3, 0.4) is 0 Å². The van der Waals surface area contributed by atoms with Crippen molar-refractivity contribution in [3.05, 3.63) is 21.4 Å². The topological polar surface area (TPSA) is 12.0 Å². The summed E-state index contributed by atoms with van der Waals surface area (Å²) >= 11 is 2.04. The van der Waals surface area contributed by atoms with Crippen LogP contribution in [0.2, 0.25) is 0 Å². The molecule has 114 valence electrons. The number of thiophene rings is 1. The van der Waals surface area contributed by atoms with E-state index in [4.69, 9.17) is 0 Å². The summed E-state index contributed by atoms with van der Waals surface area (Å²) in [7, 11) is 0. The van der Waals surface area contributed by atoms with Gasteiger partial charge in [-0.2, -0.15) is 0 Å². The number of nitrogens with one attached hydrogen (secondary N) is 1. The van der Waals surface area contributed by atoms with E-state index in [0.29, 0.717) is 0 Å². The monoisotopic (exact) mass is 293 g/mol. The second kappa shape index (κ2) is 9.57. The zero-order valence-electron chi connectivity index (χ0n) is 13.2. The van der Waals surface area contributed by atoms with Crippen molar-refractivity contribution in [2.75, 3.05) is 6.54 Å². The lowest BCUT2D eigenvalue weighted by Crippen LogP contribution is -2.13. The Labute approximate surface area is 129 Å². The molecule has 1 heterocycles. The number of fused-ring (bicyclic) bond motifs is 1. The molecule has 0 aliphatic heterocycles. The van der Waals surface area contributed by atoms with Crippen molar-refractivity contribution in [1.82, 2.24) is 5.32 Å². The molecule has 0 radical (unpaired) electrons. The van der Waals surface area contributed by atoms with Crippen LogP contribution in [0.15, 0.2) is 6.07 Å². The molecule has 1 aliphatic rings. The van der Waals surface area contributed by atoms with Crippen LogP contribution >= 0.6 is 11.3 Å². The molecule has 0 spiro atoms. The van der Waals surface area contributed by atoms with Crippen molar-refractivity contribution in [3.8, 4) is 0 Å². The quantitative estimate of drug-likeness (QED) is 0.534. The highest BCUT2D eigenvalue weighted by Crippen LogP contribution is 2.30. The lowest BCUT2D eigenvalue weighted by Gasteiger charge is -2.04. The molecule has 1 nitrogen and oxygen atoms in total. The van der Waals surface area contributed by atoms with Crippen LogP contribution in [0.1, 0.15) is 80.0 Å². The molecule has 0 fully saturated rings. The summed E-state index contributed by atoms with van der Waals surface area (Å²) in [6, 6.07) is 2.44. The summed E-state index contributed by atoms with van der Waals surface area (Å²) in [5.74, 6) is 0. The minimum absolute atomic E-state index is 1.09. The summed E-state index contributed by atoms with van der Waals surface area (Å²) in [4.78, 5) is 3.21. The molecule has 0 amide bonds. The van der Waals surface area contributed by atoms with Gasteiger partial charge in [0.15, 0.2) is 0 Å². The van der Waals surface area contributed by atoms with Gasteiger partial charge in [0.25, 0.3) is 0 Å². The molecular weight excluding hydrogens is 262 g/mol. The number of hydrogen-bond donors (Lipinski definition) is 1. The molecule has 1 aromatic rings. The van der Waals surface area contributed by atoms with Crippen molar-refractivity contribution < 1.29 is 0 Å². The molecule has 2 rings (SSSR count). The van der Waals surface area contributed by atoms with E-state index >= 15 is 0 Å². The minimum atomic E-state index is 1.09. The van der Waals surface area contributed by atoms with Gasteiger partial charge in [-0.05, 0) is 43.9 Å². The number of hydrogen-bond acceptors (Lipinski definition) is 2. The molecule has 0 atom stereocenters. The van der Waals surface area contributed by atoms with Crippen molar-refractivity contribution in [3.63, 3.8) is 0 Å². The van der Waals surface area contributed by atoms with Gasteiger partial charge in [0.1, 0.15) is 0 Å². The normalized spacial score (nSPS) is 13.8. The molecule has 1 N–H and O–H groups in total. The van der Waals surface area contributed by atoms with Gasteiger partial charge in [0.2, 0.25) is 0 Å². The predicted molar refractivity (Wildman–Crippen MR) is 90.7 cm³/mol. The van der Waals surface area contributed by atoms with E-state index in [1.165, 1.54) is 77.2 Å². The van der Waals surface area contributed by atoms with E-state index < -0.39 is 0 Å². The average Bonchev–Trinajstić information content (AvgIpc) is 3.02. The van der Waals surface area contributed by atoms with Gasteiger partial charge < -0.3 is 5.32 Å². The molecule has 1 aliphatic carbocycles. The van der Waals surface area contributed by atoms with Crippen LogP contribution in [-0.4, -0.2) is 6.54 Å². The highest BCUT2D eigenvalue weighted by atomic mass is 32.1. The Hall–Kier alpha value is -0.340. The van der Waals surface area contributed by atoms with Gasteiger partial charge >= 0.3 is 0 Å². The van der Waals surface area contributed by atoms with Crippen molar-refractivity contribution in [1.29, 1.82) is 0 Å². The maximum Gasteiger partial charge on any atom is 0.0299 e. The Morgan fingerprint density at radius 1 is 1.00 bits per heavy atom. The summed E-state index contributed by atoms with van der Waals surface area (Å²) in [5.41, 5.74) is 1.64. The molecule has 0 saturated carbocycles. The highest BCUT2D eigenvalue weighted by molar-refractivity contribution is 7.12. The first-order chi connectivity index (χ1) is 9.90. The van der Waals surface area contributed by atoms with Crippen LogP contribution in [-0.2, 0) is 19.4 Å². The second-order valence-corrected chi connectivity index (χ2v) is 7.39. The largest absolute Gasteiger partial charge is 0.312 e. The molecule has 20 heavy (non-hydrogen) atoms. The first kappa shape index (κ1) is 16.0. The third-order valence-corrected chi connectivity index (χ3v) is 5.54. The van der Waals surface area contributed by atoms with E-state index in [9.17, 15) is 0 Å². The van der Waals surface area contributed by atoms with Crippen molar-refractivity contribution in [2.24, 2.45) is 0 Å². The summed E-state index contributed by atoms with van der Waals surface area (Å²) in [5, 5.41) is 3.61. The molecule has 0 bridgehead atoms. The average molecular weight is 294 g/mol. The van der Waals surface area contributed by atoms with Gasteiger partial charge in [-0.25, -0.2) is 0 Å². The Morgan fingerprint density at radius 3 is 2.50 bits per heavy atom. The Balaban J connectivity index is 1.42. The lowest BCUT2D eigenvalue weighted by atomic mass is 10.1. The maximum atomic E-state index is 3.61. The Kier molecular flexibility index (Phi) is 7.67. The summed E-state index contributed by atoms with van der Waals surface area (Å²) < 4.78 is 0. The first-order valence-corrected chi connectivity index (χ1v) is 9.53. The van der Waals surface area contributed by atoms with Crippen LogP contribution in [0.4, 0.5) is 0 Å². The fourth-order valence-electron chi connectivity index (χ4n) is 3.07. The fourth-order valence-corrected chi connectivity index (χ4v) is 4.30.